The zero-order valence-corrected chi connectivity index (χ0v) is 65.4. The Labute approximate surface area is 694 Å². The molecule has 3 amide bonds. The van der Waals surface area contributed by atoms with Crippen molar-refractivity contribution in [2.75, 3.05) is 85.7 Å². The third-order valence-electron chi connectivity index (χ3n) is 20.4. The molecule has 8 aromatic rings. The normalized spacial score (nSPS) is 26.4. The quantitative estimate of drug-likeness (QED) is 0.0186. The number of rotatable bonds is 36. The minimum atomic E-state index is -1.56. The molecular formula is C87H101N3O31. The molecule has 4 heterocycles. The smallest absolute Gasteiger partial charge is 0.251 e. The van der Waals surface area contributed by atoms with Crippen molar-refractivity contribution in [3.05, 3.63) is 216 Å². The van der Waals surface area contributed by atoms with Gasteiger partial charge in [0.25, 0.3) is 17.7 Å². The molecule has 121 heavy (non-hydrogen) atoms. The van der Waals surface area contributed by atoms with Crippen LogP contribution in [0.4, 0.5) is 0 Å². The van der Waals surface area contributed by atoms with E-state index in [9.17, 15) is 101 Å². The van der Waals surface area contributed by atoms with E-state index < -0.39 is 149 Å². The fraction of sp³-hybridized carbons (Fsp3) is 0.402. The lowest BCUT2D eigenvalue weighted by Crippen LogP contribution is -2.60. The van der Waals surface area contributed by atoms with Crippen molar-refractivity contribution >= 4 is 23.5 Å². The van der Waals surface area contributed by atoms with E-state index >= 15 is 0 Å². The zero-order chi connectivity index (χ0) is 86.2. The number of hydrogen-bond donors (Lipinski definition) is 19. The van der Waals surface area contributed by atoms with E-state index in [1.54, 1.807) is 170 Å². The Morgan fingerprint density at radius 1 is 0.273 bits per heavy atom. The van der Waals surface area contributed by atoms with E-state index in [0.29, 0.717) is 71.5 Å². The molecule has 34 heteroatoms. The van der Waals surface area contributed by atoms with E-state index in [0.717, 1.165) is 44.5 Å². The summed E-state index contributed by atoms with van der Waals surface area (Å²) in [5.41, 5.74) is 8.09. The Bertz CT molecular complexity index is 4300. The molecule has 4 fully saturated rings. The first-order valence-electron chi connectivity index (χ1n) is 39.3. The van der Waals surface area contributed by atoms with Crippen LogP contribution in [0.25, 0.3) is 44.5 Å². The SMILES string of the molecule is O=C(CCCOCCOCCNC(=O)c1cccc(-c2ccc(O[C@H]3O[C@H](CO)[C@@H](O)[C@H](O)[C@@H]3O)cc2)c1)c1cccc(-c2ccc(O[C@H]3O[C@H](CO)[C@@H](O)[C@H](O)[C@@H]3O)cc2)c1.O=C(NCCOCCNC(=O)c1cccc(-c2ccc(O[C@H]3O[C@H](CO)[C@@H](O)[C@H](O)[C@@H]3O)cc2)c1)c1cccc(-c2ccc(O[C@H]3O[C@H](CO)[C@@H](O)[C@H](O)[C@@H]3O)cc2)c1. The summed E-state index contributed by atoms with van der Waals surface area (Å²) in [6, 6.07) is 55.3. The van der Waals surface area contributed by atoms with Crippen molar-refractivity contribution in [1.82, 2.24) is 16.0 Å². The van der Waals surface area contributed by atoms with Gasteiger partial charge in [0, 0.05) is 54.9 Å². The Hall–Kier alpha value is -9.88. The molecule has 4 aliphatic heterocycles. The predicted octanol–water partition coefficient (Wildman–Crippen LogP) is 0.359. The first kappa shape index (κ1) is 91.9. The van der Waals surface area contributed by atoms with Crippen LogP contribution in [0, 0.1) is 0 Å². The number of amides is 3. The summed E-state index contributed by atoms with van der Waals surface area (Å²) in [5, 5.41) is 167. The highest BCUT2D eigenvalue weighted by Crippen LogP contribution is 2.34. The molecule has 4 saturated heterocycles. The number of ketones is 1. The highest BCUT2D eigenvalue weighted by molar-refractivity contribution is 5.98. The first-order valence-corrected chi connectivity index (χ1v) is 39.3. The number of aliphatic hydroxyl groups excluding tert-OH is 16. The maximum absolute atomic E-state index is 12.9. The number of benzene rings is 8. The Morgan fingerprint density at radius 3 is 0.777 bits per heavy atom. The summed E-state index contributed by atoms with van der Waals surface area (Å²) in [6.07, 6.45) is -27.1. The number of Topliss-reactive ketones (excluding diaryl/α,β-unsaturated/α-hetero) is 1. The molecule has 650 valence electrons. The lowest BCUT2D eigenvalue weighted by atomic mass is 9.99. The molecule has 4 aliphatic rings. The average Bonchev–Trinajstić information content (AvgIpc) is 0.815. The highest BCUT2D eigenvalue weighted by Gasteiger charge is 2.48. The summed E-state index contributed by atoms with van der Waals surface area (Å²) in [6.45, 7) is 0.171. The van der Waals surface area contributed by atoms with Gasteiger partial charge in [0.2, 0.25) is 25.2 Å². The monoisotopic (exact) mass is 1680 g/mol. The molecule has 0 saturated carbocycles. The fourth-order valence-electron chi connectivity index (χ4n) is 13.4. The second kappa shape index (κ2) is 44.8. The van der Waals surface area contributed by atoms with Crippen LogP contribution in [-0.2, 0) is 33.2 Å². The molecule has 19 N–H and O–H groups in total. The van der Waals surface area contributed by atoms with Crippen LogP contribution in [0.15, 0.2) is 194 Å². The van der Waals surface area contributed by atoms with Gasteiger partial charge in [-0.05, 0) is 142 Å². The predicted molar refractivity (Wildman–Crippen MR) is 428 cm³/mol. The number of hydrogen-bond acceptors (Lipinski definition) is 31. The highest BCUT2D eigenvalue weighted by atomic mass is 16.7. The molecule has 0 radical (unpaired) electrons. The summed E-state index contributed by atoms with van der Waals surface area (Å²) in [7, 11) is 0. The Balaban J connectivity index is 0.000000237. The molecule has 0 aromatic heterocycles. The molecule has 8 aromatic carbocycles. The van der Waals surface area contributed by atoms with E-state index in [4.69, 9.17) is 52.1 Å². The second-order valence-electron chi connectivity index (χ2n) is 28.8. The van der Waals surface area contributed by atoms with Crippen LogP contribution in [0.2, 0.25) is 0 Å². The van der Waals surface area contributed by atoms with Gasteiger partial charge >= 0.3 is 0 Å². The number of carbonyl (C=O) groups is 4. The number of aliphatic hydroxyl groups is 16. The number of carbonyl (C=O) groups excluding carboxylic acids is 4. The van der Waals surface area contributed by atoms with Crippen LogP contribution >= 0.6 is 0 Å². The minimum absolute atomic E-state index is 0.0341. The van der Waals surface area contributed by atoms with Gasteiger partial charge in [-0.25, -0.2) is 0 Å². The van der Waals surface area contributed by atoms with E-state index in [2.05, 4.69) is 16.0 Å². The molecule has 0 unspecified atom stereocenters. The van der Waals surface area contributed by atoms with Gasteiger partial charge in [-0.1, -0.05) is 103 Å². The van der Waals surface area contributed by atoms with Gasteiger partial charge in [0.1, 0.15) is 121 Å². The molecule has 0 bridgehead atoms. The molecule has 12 rings (SSSR count). The lowest BCUT2D eigenvalue weighted by molar-refractivity contribution is -0.277. The standard InChI is InChI=1S/C45H53NO16.C42H48N2O15/c47-24-35-37(50)39(52)41(54)44(61-35)59-32-13-9-26(10-14-32)28-4-1-6-30(22-28)34(49)8-3-18-57-20-21-58-19-17-46-43(56)31-7-2-5-29(23-31)27-11-15-33(16-12-27)60-45-42(55)40(53)38(51)36(25-48)62-45;45-21-31-33(47)35(49)37(51)41(58-31)56-29-11-7-23(8-12-29)25-3-1-5-27(19-25)39(53)43-15-17-55-18-16-44-40(54)28-6-2-4-26(20-28)24-9-13-30(14-10-24)57-42-38(52)36(50)34(48)32(22-46)59-42/h1-2,4-7,9-16,22-23,35-42,44-45,47-48,50-55H,3,8,17-21,24-25H2,(H,46,56);1-14,19-20,31-38,41-42,45-52H,15-18,21-22H2,(H,43,53)(H,44,54)/t35-,36-,37-,38-,39+,40+,41+,42+,44+,45+;31-,32-,33-,34-,35+,36+,37+,38+,41+,42+/m11/s1. The summed E-state index contributed by atoms with van der Waals surface area (Å²) >= 11 is 0. The first-order chi connectivity index (χ1) is 58.4. The Kier molecular flexibility index (Phi) is 34.0. The van der Waals surface area contributed by atoms with Crippen molar-refractivity contribution < 1.29 is 153 Å². The summed E-state index contributed by atoms with van der Waals surface area (Å²) in [5.74, 6) is 0.359. The van der Waals surface area contributed by atoms with E-state index in [1.165, 1.54) is 0 Å². The molecule has 20 atom stereocenters. The van der Waals surface area contributed by atoms with Crippen molar-refractivity contribution in [3.8, 4) is 67.5 Å². The van der Waals surface area contributed by atoms with E-state index in [-0.39, 0.29) is 69.4 Å². The topological polar surface area (TPSA) is 530 Å². The second-order valence-corrected chi connectivity index (χ2v) is 28.8. The van der Waals surface area contributed by atoms with Gasteiger partial charge in [0.05, 0.1) is 59.5 Å². The average molecular weight is 1680 g/mol. The van der Waals surface area contributed by atoms with Gasteiger partial charge in [-0.15, -0.1) is 0 Å². The van der Waals surface area contributed by atoms with E-state index in [1.807, 2.05) is 24.3 Å². The fourth-order valence-corrected chi connectivity index (χ4v) is 13.4. The molecule has 0 spiro atoms. The van der Waals surface area contributed by atoms with Crippen LogP contribution in [0.3, 0.4) is 0 Å². The van der Waals surface area contributed by atoms with Crippen molar-refractivity contribution in [3.63, 3.8) is 0 Å². The van der Waals surface area contributed by atoms with Gasteiger partial charge in [-0.2, -0.15) is 0 Å². The third kappa shape index (κ3) is 24.5. The van der Waals surface area contributed by atoms with Crippen molar-refractivity contribution in [2.45, 2.75) is 136 Å². The maximum Gasteiger partial charge on any atom is 0.251 e. The largest absolute Gasteiger partial charge is 0.462 e. The Morgan fingerprint density at radius 2 is 0.512 bits per heavy atom. The van der Waals surface area contributed by atoms with Crippen molar-refractivity contribution in [2.24, 2.45) is 0 Å². The summed E-state index contributed by atoms with van der Waals surface area (Å²) in [4.78, 5) is 51.5. The van der Waals surface area contributed by atoms with Crippen LogP contribution < -0.4 is 34.9 Å². The van der Waals surface area contributed by atoms with Gasteiger partial charge in [0.15, 0.2) is 5.78 Å². The zero-order valence-electron chi connectivity index (χ0n) is 65.4. The number of ether oxygens (including phenoxy) is 11. The number of nitrogens with one attached hydrogen (secondary N) is 3. The van der Waals surface area contributed by atoms with Crippen LogP contribution in [-0.4, -0.2) is 314 Å². The molecular weight excluding hydrogens is 1580 g/mol. The van der Waals surface area contributed by atoms with Gasteiger partial charge in [-0.3, -0.25) is 19.2 Å². The molecule has 0 aliphatic carbocycles. The van der Waals surface area contributed by atoms with Gasteiger partial charge < -0.3 is 150 Å². The minimum Gasteiger partial charge on any atom is -0.462 e. The maximum atomic E-state index is 12.9. The lowest BCUT2D eigenvalue weighted by Gasteiger charge is -2.39. The van der Waals surface area contributed by atoms with Crippen molar-refractivity contribution in [1.29, 1.82) is 0 Å². The summed E-state index contributed by atoms with van der Waals surface area (Å²) < 4.78 is 61.1. The van der Waals surface area contributed by atoms with Crippen LogP contribution in [0.1, 0.15) is 54.3 Å². The van der Waals surface area contributed by atoms with Crippen LogP contribution in [0.5, 0.6) is 23.0 Å². The third-order valence-corrected chi connectivity index (χ3v) is 20.4. The molecule has 34 nitrogen and oxygen atoms in total.